The maximum absolute atomic E-state index is 12.0. The van der Waals surface area contributed by atoms with E-state index in [-0.39, 0.29) is 24.0 Å². The Kier molecular flexibility index (Phi) is 4.82. The number of carbonyl (C=O) groups is 4. The summed E-state index contributed by atoms with van der Waals surface area (Å²) in [5, 5.41) is 9.76. The third-order valence-electron chi connectivity index (χ3n) is 4.14. The topological polar surface area (TPSA) is 110 Å². The van der Waals surface area contributed by atoms with Gasteiger partial charge in [0.2, 0.25) is 5.91 Å². The summed E-state index contributed by atoms with van der Waals surface area (Å²) in [6, 6.07) is 2.83. The van der Waals surface area contributed by atoms with E-state index in [4.69, 9.17) is 9.47 Å². The van der Waals surface area contributed by atoms with Gasteiger partial charge < -0.3 is 19.5 Å². The molecule has 1 aromatic rings. The van der Waals surface area contributed by atoms with Gasteiger partial charge in [0.1, 0.15) is 0 Å². The zero-order valence-electron chi connectivity index (χ0n) is 14.4. The predicted octanol–water partition coefficient (Wildman–Crippen LogP) is 1.24. The molecule has 1 N–H and O–H groups in total. The molecule has 1 aliphatic heterocycles. The summed E-state index contributed by atoms with van der Waals surface area (Å²) in [6.07, 6.45) is 0.381. The van der Waals surface area contributed by atoms with Gasteiger partial charge in [-0.15, -0.1) is 0 Å². The van der Waals surface area contributed by atoms with E-state index >= 15 is 0 Å². The molecule has 0 fully saturated rings. The van der Waals surface area contributed by atoms with Gasteiger partial charge in [0.25, 0.3) is 0 Å². The first-order chi connectivity index (χ1) is 11.6. The molecule has 1 aliphatic rings. The van der Waals surface area contributed by atoms with Gasteiger partial charge in [0.15, 0.2) is 17.0 Å². The molecule has 0 spiro atoms. The largest absolute Gasteiger partial charge is 0.479 e. The summed E-state index contributed by atoms with van der Waals surface area (Å²) in [4.78, 5) is 47.8. The normalized spacial score (nSPS) is 19.0. The van der Waals surface area contributed by atoms with Crippen molar-refractivity contribution >= 4 is 23.8 Å². The number of carboxylic acid groups (broad SMARTS) is 1. The summed E-state index contributed by atoms with van der Waals surface area (Å²) < 4.78 is 10.1. The summed E-state index contributed by atoms with van der Waals surface area (Å²) >= 11 is 0. The van der Waals surface area contributed by atoms with E-state index in [1.165, 1.54) is 44.7 Å². The highest BCUT2D eigenvalue weighted by Gasteiger charge is 2.47. The Labute approximate surface area is 144 Å². The van der Waals surface area contributed by atoms with E-state index in [1.807, 2.05) is 0 Å². The van der Waals surface area contributed by atoms with Crippen molar-refractivity contribution in [1.82, 2.24) is 4.90 Å². The van der Waals surface area contributed by atoms with E-state index in [1.54, 1.807) is 0 Å². The predicted molar refractivity (Wildman–Crippen MR) is 85.1 cm³/mol. The van der Waals surface area contributed by atoms with Crippen LogP contribution < -0.4 is 9.47 Å². The fourth-order valence-electron chi connectivity index (χ4n) is 3.04. The molecule has 1 amide bonds. The van der Waals surface area contributed by atoms with Crippen LogP contribution in [0.3, 0.4) is 0 Å². The molecule has 0 bridgehead atoms. The van der Waals surface area contributed by atoms with Gasteiger partial charge in [-0.25, -0.2) is 4.79 Å². The number of nitrogens with zero attached hydrogens (tertiary/aromatic N) is 1. The minimum atomic E-state index is -1.62. The van der Waals surface area contributed by atoms with Crippen molar-refractivity contribution in [2.45, 2.75) is 39.7 Å². The summed E-state index contributed by atoms with van der Waals surface area (Å²) in [7, 11) is 0. The van der Waals surface area contributed by atoms with Crippen LogP contribution in [0.5, 0.6) is 11.5 Å². The molecule has 25 heavy (non-hydrogen) atoms. The first-order valence-electron chi connectivity index (χ1n) is 7.63. The number of aliphatic carboxylic acids is 1. The van der Waals surface area contributed by atoms with Crippen LogP contribution in [0.25, 0.3) is 0 Å². The molecule has 1 heterocycles. The maximum atomic E-state index is 12.0. The molecular formula is C17H19NO7. The van der Waals surface area contributed by atoms with Gasteiger partial charge in [-0.1, -0.05) is 0 Å². The van der Waals surface area contributed by atoms with Crippen LogP contribution in [0.4, 0.5) is 0 Å². The maximum Gasteiger partial charge on any atom is 0.334 e. The Balaban J connectivity index is 2.69. The van der Waals surface area contributed by atoms with E-state index in [0.717, 1.165) is 0 Å². The molecule has 0 aliphatic carbocycles. The molecule has 0 saturated heterocycles. The van der Waals surface area contributed by atoms with Crippen LogP contribution in [0.1, 0.15) is 38.8 Å². The molecule has 0 radical (unpaired) electrons. The molecule has 8 heteroatoms. The quantitative estimate of drug-likeness (QED) is 0.646. The second-order valence-electron chi connectivity index (χ2n) is 5.94. The number of hydrogen-bond donors (Lipinski definition) is 1. The summed E-state index contributed by atoms with van der Waals surface area (Å²) in [5.74, 6) is -2.88. The molecule has 134 valence electrons. The highest BCUT2D eigenvalue weighted by atomic mass is 16.6. The average Bonchev–Trinajstić information content (AvgIpc) is 2.47. The van der Waals surface area contributed by atoms with Crippen molar-refractivity contribution in [3.05, 3.63) is 23.3 Å². The van der Waals surface area contributed by atoms with Crippen molar-refractivity contribution in [2.24, 2.45) is 0 Å². The smallest absolute Gasteiger partial charge is 0.334 e. The highest BCUT2D eigenvalue weighted by Crippen LogP contribution is 2.42. The number of amides is 1. The van der Waals surface area contributed by atoms with E-state index in [9.17, 15) is 24.3 Å². The molecular weight excluding hydrogens is 330 g/mol. The number of carbonyl (C=O) groups excluding carboxylic acids is 3. The number of benzene rings is 1. The number of fused-ring (bicyclic) bond motifs is 1. The van der Waals surface area contributed by atoms with Gasteiger partial charge in [-0.2, -0.15) is 0 Å². The van der Waals surface area contributed by atoms with Crippen LogP contribution in [0.2, 0.25) is 0 Å². The zero-order valence-corrected chi connectivity index (χ0v) is 14.4. The minimum Gasteiger partial charge on any atom is -0.479 e. The van der Waals surface area contributed by atoms with Gasteiger partial charge in [0, 0.05) is 27.3 Å². The number of carboxylic acids is 1. The number of esters is 2. The van der Waals surface area contributed by atoms with Gasteiger partial charge in [-0.3, -0.25) is 14.4 Å². The Morgan fingerprint density at radius 3 is 2.00 bits per heavy atom. The Morgan fingerprint density at radius 1 is 1.04 bits per heavy atom. The molecule has 1 atom stereocenters. The van der Waals surface area contributed by atoms with Crippen molar-refractivity contribution < 1.29 is 33.8 Å². The monoisotopic (exact) mass is 349 g/mol. The van der Waals surface area contributed by atoms with Gasteiger partial charge >= 0.3 is 17.9 Å². The Bertz CT molecular complexity index is 771. The third-order valence-corrected chi connectivity index (χ3v) is 4.14. The first kappa shape index (κ1) is 18.4. The third kappa shape index (κ3) is 3.33. The second kappa shape index (κ2) is 6.54. The molecule has 8 nitrogen and oxygen atoms in total. The molecule has 1 aromatic carbocycles. The molecule has 0 aromatic heterocycles. The van der Waals surface area contributed by atoms with Crippen LogP contribution in [-0.2, 0) is 31.1 Å². The average molecular weight is 349 g/mol. The lowest BCUT2D eigenvalue weighted by atomic mass is 9.81. The summed E-state index contributed by atoms with van der Waals surface area (Å²) in [6.45, 7) is 5.30. The van der Waals surface area contributed by atoms with Gasteiger partial charge in [0.05, 0.1) is 0 Å². The van der Waals surface area contributed by atoms with Crippen molar-refractivity contribution in [1.29, 1.82) is 0 Å². The van der Waals surface area contributed by atoms with E-state index in [0.29, 0.717) is 17.5 Å². The van der Waals surface area contributed by atoms with Crippen LogP contribution in [0.15, 0.2) is 12.1 Å². The number of ether oxygens (including phenoxy) is 2. The van der Waals surface area contributed by atoms with Crippen LogP contribution in [-0.4, -0.2) is 40.4 Å². The fraction of sp³-hybridized carbons (Fsp3) is 0.412. The lowest BCUT2D eigenvalue weighted by molar-refractivity contribution is -0.159. The summed E-state index contributed by atoms with van der Waals surface area (Å²) in [5.41, 5.74) is -0.702. The fourth-order valence-corrected chi connectivity index (χ4v) is 3.04. The van der Waals surface area contributed by atoms with Crippen molar-refractivity contribution in [2.75, 3.05) is 6.54 Å². The van der Waals surface area contributed by atoms with Gasteiger partial charge in [-0.05, 0) is 36.6 Å². The second-order valence-corrected chi connectivity index (χ2v) is 5.94. The SMILES string of the molecule is CC(=O)Oc1cc2c(cc1OC(C)=O)C(C)(C(=O)O)N(C(C)=O)CC2. The lowest BCUT2D eigenvalue weighted by Gasteiger charge is -2.42. The Hall–Kier alpha value is -2.90. The Morgan fingerprint density at radius 2 is 1.56 bits per heavy atom. The van der Waals surface area contributed by atoms with Crippen molar-refractivity contribution in [3.8, 4) is 11.5 Å². The first-order valence-corrected chi connectivity index (χ1v) is 7.63. The minimum absolute atomic E-state index is 0.0328. The number of hydrogen-bond acceptors (Lipinski definition) is 6. The van der Waals surface area contributed by atoms with Crippen LogP contribution in [0, 0.1) is 0 Å². The standard InChI is InChI=1S/C17H19NO7/c1-9(19)18-6-5-12-7-14(24-10(2)20)15(25-11(3)21)8-13(12)17(18,4)16(22)23/h7-8H,5-6H2,1-4H3,(H,22,23). The molecule has 2 rings (SSSR count). The molecule has 1 unspecified atom stereocenters. The highest BCUT2D eigenvalue weighted by molar-refractivity contribution is 5.88. The van der Waals surface area contributed by atoms with E-state index < -0.39 is 23.4 Å². The van der Waals surface area contributed by atoms with Crippen LogP contribution >= 0.6 is 0 Å². The van der Waals surface area contributed by atoms with Crippen molar-refractivity contribution in [3.63, 3.8) is 0 Å². The zero-order chi connectivity index (χ0) is 18.9. The number of rotatable bonds is 3. The van der Waals surface area contributed by atoms with E-state index in [2.05, 4.69) is 0 Å². The lowest BCUT2D eigenvalue weighted by Crippen LogP contribution is -2.55. The molecule has 0 saturated carbocycles.